The molecule has 1 aromatic rings. The number of aliphatic hydroxyl groups is 1. The summed E-state index contributed by atoms with van der Waals surface area (Å²) < 4.78 is 5.07. The second kappa shape index (κ2) is 2.56. The predicted molar refractivity (Wildman–Crippen MR) is 50.4 cm³/mol. The molecule has 13 heavy (non-hydrogen) atoms. The van der Waals surface area contributed by atoms with Gasteiger partial charge in [0.1, 0.15) is 0 Å². The molecule has 0 aromatic heterocycles. The molecular weight excluding hydrogens is 164 g/mol. The quantitative estimate of drug-likeness (QED) is 0.698. The van der Waals surface area contributed by atoms with E-state index >= 15 is 0 Å². The van der Waals surface area contributed by atoms with Crippen LogP contribution in [0.5, 0.6) is 0 Å². The molecular formula is C11H14O2. The first-order valence-electron chi connectivity index (χ1n) is 4.45. The molecule has 1 saturated carbocycles. The number of rotatable bonds is 2. The Balaban J connectivity index is 2.30. The Hall–Kier alpha value is -0.860. The first kappa shape index (κ1) is 8.73. The van der Waals surface area contributed by atoms with Gasteiger partial charge in [-0.1, -0.05) is 37.3 Å². The fourth-order valence-corrected chi connectivity index (χ4v) is 1.87. The molecule has 2 atom stereocenters. The van der Waals surface area contributed by atoms with E-state index in [1.54, 1.807) is 7.11 Å². The van der Waals surface area contributed by atoms with Crippen molar-refractivity contribution in [3.8, 4) is 0 Å². The van der Waals surface area contributed by atoms with Crippen molar-refractivity contribution in [2.24, 2.45) is 0 Å². The van der Waals surface area contributed by atoms with E-state index in [9.17, 15) is 5.11 Å². The summed E-state index contributed by atoms with van der Waals surface area (Å²) in [5, 5.41) is 9.89. The van der Waals surface area contributed by atoms with Gasteiger partial charge in [-0.25, -0.2) is 0 Å². The van der Waals surface area contributed by atoms with Gasteiger partial charge in [0.15, 0.2) is 5.79 Å². The highest BCUT2D eigenvalue weighted by Gasteiger charge is 2.65. The van der Waals surface area contributed by atoms with Crippen molar-refractivity contribution in [1.29, 1.82) is 0 Å². The standard InChI is InChI=1S/C11H14O2/c1-10(8-11(10,12)13-2)9-6-4-3-5-7-9/h3-7,12H,8H2,1-2H3/t10-,11+/m0/s1. The van der Waals surface area contributed by atoms with Crippen LogP contribution in [-0.4, -0.2) is 18.0 Å². The lowest BCUT2D eigenvalue weighted by Gasteiger charge is -2.16. The van der Waals surface area contributed by atoms with E-state index in [0.29, 0.717) is 6.42 Å². The third-order valence-electron chi connectivity index (χ3n) is 3.08. The number of hydrogen-bond donors (Lipinski definition) is 1. The minimum Gasteiger partial charge on any atom is -0.365 e. The van der Waals surface area contributed by atoms with E-state index in [-0.39, 0.29) is 5.41 Å². The van der Waals surface area contributed by atoms with Crippen LogP contribution in [0.15, 0.2) is 30.3 Å². The lowest BCUT2D eigenvalue weighted by molar-refractivity contribution is -0.117. The lowest BCUT2D eigenvalue weighted by Crippen LogP contribution is -2.22. The molecule has 0 aliphatic heterocycles. The van der Waals surface area contributed by atoms with Gasteiger partial charge in [-0.05, 0) is 5.56 Å². The summed E-state index contributed by atoms with van der Waals surface area (Å²) in [5.74, 6) is -0.950. The summed E-state index contributed by atoms with van der Waals surface area (Å²) in [4.78, 5) is 0. The Bertz CT molecular complexity index is 309. The smallest absolute Gasteiger partial charge is 0.175 e. The maximum atomic E-state index is 9.89. The van der Waals surface area contributed by atoms with Gasteiger partial charge in [0.25, 0.3) is 0 Å². The average molecular weight is 178 g/mol. The summed E-state index contributed by atoms with van der Waals surface area (Å²) in [6, 6.07) is 9.99. The van der Waals surface area contributed by atoms with Gasteiger partial charge in [-0.15, -0.1) is 0 Å². The van der Waals surface area contributed by atoms with Gasteiger partial charge in [0, 0.05) is 13.5 Å². The molecule has 0 spiro atoms. The Labute approximate surface area is 78.2 Å². The summed E-state index contributed by atoms with van der Waals surface area (Å²) in [7, 11) is 1.55. The zero-order chi connectivity index (χ0) is 9.53. The largest absolute Gasteiger partial charge is 0.365 e. The molecule has 1 aliphatic rings. The first-order chi connectivity index (χ1) is 6.12. The van der Waals surface area contributed by atoms with Crippen LogP contribution >= 0.6 is 0 Å². The van der Waals surface area contributed by atoms with Crippen LogP contribution in [0.1, 0.15) is 18.9 Å². The molecule has 1 N–H and O–H groups in total. The second-order valence-corrected chi connectivity index (χ2v) is 3.86. The Morgan fingerprint density at radius 2 is 1.92 bits per heavy atom. The highest BCUT2D eigenvalue weighted by Crippen LogP contribution is 2.57. The molecule has 2 rings (SSSR count). The lowest BCUT2D eigenvalue weighted by atomic mass is 9.97. The number of benzene rings is 1. The molecule has 0 saturated heterocycles. The van der Waals surface area contributed by atoms with E-state index in [0.717, 1.165) is 5.56 Å². The minimum atomic E-state index is -0.950. The van der Waals surface area contributed by atoms with E-state index in [1.807, 2.05) is 37.3 Å². The molecule has 0 amide bonds. The van der Waals surface area contributed by atoms with E-state index in [4.69, 9.17) is 4.74 Å². The maximum Gasteiger partial charge on any atom is 0.175 e. The molecule has 0 unspecified atom stereocenters. The van der Waals surface area contributed by atoms with Gasteiger partial charge in [-0.2, -0.15) is 0 Å². The van der Waals surface area contributed by atoms with Crippen molar-refractivity contribution in [1.82, 2.24) is 0 Å². The highest BCUT2D eigenvalue weighted by molar-refractivity contribution is 5.36. The number of ether oxygens (including phenoxy) is 1. The molecule has 0 bridgehead atoms. The van der Waals surface area contributed by atoms with Crippen molar-refractivity contribution < 1.29 is 9.84 Å². The maximum absolute atomic E-state index is 9.89. The monoisotopic (exact) mass is 178 g/mol. The average Bonchev–Trinajstić information content (AvgIpc) is 2.74. The molecule has 1 aliphatic carbocycles. The van der Waals surface area contributed by atoms with Gasteiger partial charge in [0.05, 0.1) is 5.41 Å². The van der Waals surface area contributed by atoms with Crippen LogP contribution in [-0.2, 0) is 10.2 Å². The Morgan fingerprint density at radius 3 is 2.38 bits per heavy atom. The first-order valence-corrected chi connectivity index (χ1v) is 4.45. The molecule has 70 valence electrons. The van der Waals surface area contributed by atoms with Crippen molar-refractivity contribution in [2.75, 3.05) is 7.11 Å². The van der Waals surface area contributed by atoms with Crippen molar-refractivity contribution >= 4 is 0 Å². The summed E-state index contributed by atoms with van der Waals surface area (Å²) in [6.45, 7) is 2.02. The normalized spacial score (nSPS) is 37.5. The Morgan fingerprint density at radius 1 is 1.31 bits per heavy atom. The van der Waals surface area contributed by atoms with Crippen molar-refractivity contribution in [2.45, 2.75) is 24.5 Å². The van der Waals surface area contributed by atoms with E-state index in [2.05, 4.69) is 0 Å². The molecule has 1 aromatic carbocycles. The summed E-state index contributed by atoms with van der Waals surface area (Å²) in [5.41, 5.74) is 0.919. The topological polar surface area (TPSA) is 29.5 Å². The summed E-state index contributed by atoms with van der Waals surface area (Å²) in [6.07, 6.45) is 0.681. The fraction of sp³-hybridized carbons (Fsp3) is 0.455. The van der Waals surface area contributed by atoms with Gasteiger partial charge in [0.2, 0.25) is 0 Å². The van der Waals surface area contributed by atoms with Crippen LogP contribution in [0.2, 0.25) is 0 Å². The zero-order valence-corrected chi connectivity index (χ0v) is 7.95. The SMILES string of the molecule is CO[C@]1(O)C[C@@]1(C)c1ccccc1. The number of methoxy groups -OCH3 is 1. The van der Waals surface area contributed by atoms with Crippen LogP contribution in [0.3, 0.4) is 0 Å². The third kappa shape index (κ3) is 1.10. The molecule has 0 radical (unpaired) electrons. The van der Waals surface area contributed by atoms with Gasteiger partial charge < -0.3 is 9.84 Å². The van der Waals surface area contributed by atoms with E-state index < -0.39 is 5.79 Å². The van der Waals surface area contributed by atoms with Gasteiger partial charge >= 0.3 is 0 Å². The van der Waals surface area contributed by atoms with E-state index in [1.165, 1.54) is 0 Å². The molecule has 1 fully saturated rings. The van der Waals surface area contributed by atoms with Crippen LogP contribution < -0.4 is 0 Å². The highest BCUT2D eigenvalue weighted by atomic mass is 16.6. The van der Waals surface area contributed by atoms with Gasteiger partial charge in [-0.3, -0.25) is 0 Å². The fourth-order valence-electron chi connectivity index (χ4n) is 1.87. The molecule has 2 nitrogen and oxygen atoms in total. The van der Waals surface area contributed by atoms with Crippen molar-refractivity contribution in [3.05, 3.63) is 35.9 Å². The van der Waals surface area contributed by atoms with Crippen LogP contribution in [0.4, 0.5) is 0 Å². The van der Waals surface area contributed by atoms with Crippen LogP contribution in [0.25, 0.3) is 0 Å². The second-order valence-electron chi connectivity index (χ2n) is 3.86. The predicted octanol–water partition coefficient (Wildman–Crippen LogP) is 1.68. The molecule has 0 heterocycles. The Kier molecular flexibility index (Phi) is 1.72. The summed E-state index contributed by atoms with van der Waals surface area (Å²) >= 11 is 0. The molecule has 2 heteroatoms. The van der Waals surface area contributed by atoms with Crippen LogP contribution in [0, 0.1) is 0 Å². The zero-order valence-electron chi connectivity index (χ0n) is 7.95. The minimum absolute atomic E-state index is 0.219. The van der Waals surface area contributed by atoms with Crippen molar-refractivity contribution in [3.63, 3.8) is 0 Å². The third-order valence-corrected chi connectivity index (χ3v) is 3.08. The number of hydrogen-bond acceptors (Lipinski definition) is 2.